The normalized spacial score (nSPS) is 10.0. The number of rotatable bonds is 0. The Morgan fingerprint density at radius 3 is 0.833 bits per heavy atom. The van der Waals surface area contributed by atoms with Crippen molar-refractivity contribution in [1.29, 1.82) is 0 Å². The van der Waals surface area contributed by atoms with E-state index in [0.717, 1.165) is 0 Å². The van der Waals surface area contributed by atoms with Crippen molar-refractivity contribution in [3.8, 4) is 0 Å². The van der Waals surface area contributed by atoms with Crippen LogP contribution in [-0.4, -0.2) is 28.2 Å². The van der Waals surface area contributed by atoms with Crippen LogP contribution in [0.5, 0.6) is 0 Å². The quantitative estimate of drug-likeness (QED) is 0.284. The molecule has 0 aliphatic heterocycles. The van der Waals surface area contributed by atoms with Crippen molar-refractivity contribution in [3.05, 3.63) is 0 Å². The maximum atomic E-state index is 7.33. The van der Waals surface area contributed by atoms with Crippen LogP contribution < -0.4 is 0 Å². The Hall–Kier alpha value is 0.589. The second-order valence-electron chi connectivity index (χ2n) is 0.600. The van der Waals surface area contributed by atoms with Gasteiger partial charge in [-0.3, -0.25) is 0 Å². The van der Waals surface area contributed by atoms with Crippen LogP contribution in [0, 0.1) is 0 Å². The predicted molar refractivity (Wildman–Crippen MR) is 14.6 cm³/mol. The molecule has 0 fully saturated rings. The first-order valence-electron chi connectivity index (χ1n) is 0.894. The van der Waals surface area contributed by atoms with E-state index in [1.54, 1.807) is 0 Å². The Balaban J connectivity index is 0. The summed E-state index contributed by atoms with van der Waals surface area (Å²) in [6.07, 6.45) is 0. The minimum atomic E-state index is -4.61. The Morgan fingerprint density at radius 1 is 0.833 bits per heavy atom. The van der Waals surface area contributed by atoms with E-state index in [0.29, 0.717) is 0 Å². The second kappa shape index (κ2) is 2.71. The van der Waals surface area contributed by atoms with Gasteiger partial charge in [-0.2, -0.15) is 0 Å². The van der Waals surface area contributed by atoms with Crippen LogP contribution in [-0.2, 0) is 17.4 Å². The average Bonchev–Trinajstić information content (AvgIpc) is 0.722. The Bertz CT molecular complexity index is 23.0. The van der Waals surface area contributed by atoms with E-state index < -0.39 is 9.05 Å². The van der Waals surface area contributed by atoms with Gasteiger partial charge in [-0.05, 0) is 0 Å². The third-order valence-electron chi connectivity index (χ3n) is 0. The fourth-order valence-corrected chi connectivity index (χ4v) is 0. The first-order chi connectivity index (χ1) is 2.00. The maximum absolute atomic E-state index is 7.33. The summed E-state index contributed by atoms with van der Waals surface area (Å²) >= 11 is 0. The maximum Gasteiger partial charge on any atom is 0.668 e. The van der Waals surface area contributed by atoms with E-state index in [4.69, 9.17) is 19.2 Å². The van der Waals surface area contributed by atoms with Crippen molar-refractivity contribution in [2.45, 2.75) is 0 Å². The fraction of sp³-hybridized carbons (Fsp3) is 0. The second-order valence-corrected chi connectivity index (χ2v) is 1.80. The van der Waals surface area contributed by atoms with E-state index in [-0.39, 0.29) is 17.4 Å². The van der Waals surface area contributed by atoms with Crippen LogP contribution in [0.3, 0.4) is 0 Å². The van der Waals surface area contributed by atoms with Crippen molar-refractivity contribution in [3.63, 3.8) is 0 Å². The SMILES string of the molecule is O[Si](O)(O)O.[Cr]. The smallest absolute Gasteiger partial charge is 0.368 e. The molecule has 4 nitrogen and oxygen atoms in total. The molecular weight excluding hydrogens is 144 g/mol. The molecule has 0 unspecified atom stereocenters. The molecule has 0 heterocycles. The van der Waals surface area contributed by atoms with Crippen molar-refractivity contribution in [2.24, 2.45) is 0 Å². The van der Waals surface area contributed by atoms with Gasteiger partial charge < -0.3 is 19.2 Å². The molecule has 0 amide bonds. The molecule has 0 saturated carbocycles. The molecule has 0 aliphatic carbocycles. The van der Waals surface area contributed by atoms with Gasteiger partial charge >= 0.3 is 9.05 Å². The minimum absolute atomic E-state index is 0. The molecule has 0 bridgehead atoms. The summed E-state index contributed by atoms with van der Waals surface area (Å²) in [6.45, 7) is 0. The summed E-state index contributed by atoms with van der Waals surface area (Å²) < 4.78 is 0. The Morgan fingerprint density at radius 2 is 0.833 bits per heavy atom. The summed E-state index contributed by atoms with van der Waals surface area (Å²) in [4.78, 5) is 29.3. The van der Waals surface area contributed by atoms with E-state index >= 15 is 0 Å². The first-order valence-corrected chi connectivity index (χ1v) is 2.68. The van der Waals surface area contributed by atoms with E-state index in [2.05, 4.69) is 0 Å². The van der Waals surface area contributed by atoms with Crippen LogP contribution in [0.2, 0.25) is 0 Å². The summed E-state index contributed by atoms with van der Waals surface area (Å²) in [5, 5.41) is 0. The van der Waals surface area contributed by atoms with Gasteiger partial charge in [0.1, 0.15) is 0 Å². The topological polar surface area (TPSA) is 80.9 Å². The molecule has 4 N–H and O–H groups in total. The molecule has 0 spiro atoms. The van der Waals surface area contributed by atoms with Crippen LogP contribution in [0.4, 0.5) is 0 Å². The van der Waals surface area contributed by atoms with Crippen LogP contribution in [0.1, 0.15) is 0 Å². The summed E-state index contributed by atoms with van der Waals surface area (Å²) in [6, 6.07) is 0. The summed E-state index contributed by atoms with van der Waals surface area (Å²) in [5.41, 5.74) is 0. The molecule has 0 saturated heterocycles. The molecule has 0 aromatic carbocycles. The van der Waals surface area contributed by atoms with Gasteiger partial charge in [0, 0.05) is 17.4 Å². The van der Waals surface area contributed by atoms with Crippen molar-refractivity contribution in [1.82, 2.24) is 0 Å². The van der Waals surface area contributed by atoms with Crippen LogP contribution in [0.15, 0.2) is 0 Å². The van der Waals surface area contributed by atoms with Gasteiger partial charge in [0.05, 0.1) is 0 Å². The molecule has 0 rings (SSSR count). The molecule has 6 heteroatoms. The van der Waals surface area contributed by atoms with Gasteiger partial charge in [-0.15, -0.1) is 0 Å². The standard InChI is InChI=1S/Cr.H4O4Si/c;1-5(2,3)4/h;1-4H. The molecule has 0 atom stereocenters. The van der Waals surface area contributed by atoms with Gasteiger partial charge in [0.25, 0.3) is 0 Å². The van der Waals surface area contributed by atoms with E-state index in [1.807, 2.05) is 0 Å². The average molecular weight is 148 g/mol. The molecule has 0 radical (unpaired) electrons. The summed E-state index contributed by atoms with van der Waals surface area (Å²) in [5.74, 6) is 0. The van der Waals surface area contributed by atoms with Gasteiger partial charge in [-0.1, -0.05) is 0 Å². The summed E-state index contributed by atoms with van der Waals surface area (Å²) in [7, 11) is -4.61. The molecule has 0 aromatic rings. The number of hydrogen-bond acceptors (Lipinski definition) is 4. The monoisotopic (exact) mass is 148 g/mol. The Kier molecular flexibility index (Phi) is 4.42. The van der Waals surface area contributed by atoms with Gasteiger partial charge in [0.15, 0.2) is 0 Å². The van der Waals surface area contributed by atoms with Crippen LogP contribution >= 0.6 is 0 Å². The minimum Gasteiger partial charge on any atom is -0.368 e. The molecule has 0 aromatic heterocycles. The van der Waals surface area contributed by atoms with Crippen molar-refractivity contribution >= 4 is 9.05 Å². The van der Waals surface area contributed by atoms with E-state index in [1.165, 1.54) is 0 Å². The molecular formula is H4CrO4Si. The molecule has 0 aliphatic rings. The fourth-order valence-electron chi connectivity index (χ4n) is 0. The van der Waals surface area contributed by atoms with E-state index in [9.17, 15) is 0 Å². The molecule has 6 heavy (non-hydrogen) atoms. The Labute approximate surface area is 46.3 Å². The largest absolute Gasteiger partial charge is 0.668 e. The third kappa shape index (κ3) is 170. The first kappa shape index (κ1) is 9.77. The van der Waals surface area contributed by atoms with Gasteiger partial charge in [-0.25, -0.2) is 0 Å². The zero-order valence-corrected chi connectivity index (χ0v) is 4.97. The van der Waals surface area contributed by atoms with Gasteiger partial charge in [0.2, 0.25) is 0 Å². The van der Waals surface area contributed by atoms with Crippen LogP contribution in [0.25, 0.3) is 0 Å². The zero-order chi connectivity index (χ0) is 4.50. The predicted octanol–water partition coefficient (Wildman–Crippen LogP) is -2.61. The van der Waals surface area contributed by atoms with Crippen molar-refractivity contribution < 1.29 is 36.5 Å². The molecule has 38 valence electrons. The van der Waals surface area contributed by atoms with Crippen molar-refractivity contribution in [2.75, 3.05) is 0 Å². The third-order valence-corrected chi connectivity index (χ3v) is 0. The zero-order valence-electron chi connectivity index (χ0n) is 2.70. The number of hydrogen-bond donors (Lipinski definition) is 4.